The molecule has 0 amide bonds. The van der Waals surface area contributed by atoms with Crippen molar-refractivity contribution in [3.05, 3.63) is 58.2 Å². The highest BCUT2D eigenvalue weighted by molar-refractivity contribution is 5.97. The summed E-state index contributed by atoms with van der Waals surface area (Å²) in [5.74, 6) is 0.0686. The molecule has 2 aliphatic rings. The van der Waals surface area contributed by atoms with Crippen molar-refractivity contribution in [1.82, 2.24) is 20.2 Å². The summed E-state index contributed by atoms with van der Waals surface area (Å²) < 4.78 is 5.26. The first-order valence-electron chi connectivity index (χ1n) is 8.09. The van der Waals surface area contributed by atoms with Crippen molar-refractivity contribution in [2.45, 2.75) is 19.8 Å². The van der Waals surface area contributed by atoms with Crippen LogP contribution in [0.15, 0.2) is 35.5 Å². The number of para-hydroxylation sites is 2. The van der Waals surface area contributed by atoms with Crippen molar-refractivity contribution < 1.29 is 9.53 Å². The maximum absolute atomic E-state index is 12.4. The number of hydrogen-bond acceptors (Lipinski definition) is 6. The number of anilines is 1. The first-order chi connectivity index (χ1) is 12.1. The van der Waals surface area contributed by atoms with Crippen molar-refractivity contribution in [3.8, 4) is 0 Å². The van der Waals surface area contributed by atoms with Crippen LogP contribution in [-0.2, 0) is 9.53 Å². The van der Waals surface area contributed by atoms with Crippen LogP contribution in [0, 0.1) is 13.8 Å². The second-order valence-corrected chi connectivity index (χ2v) is 6.32. The maximum atomic E-state index is 12.4. The van der Waals surface area contributed by atoms with E-state index in [1.807, 2.05) is 38.1 Å². The van der Waals surface area contributed by atoms with E-state index in [9.17, 15) is 4.79 Å². The quantitative estimate of drug-likeness (QED) is 0.664. The van der Waals surface area contributed by atoms with Gasteiger partial charge in [0.25, 0.3) is 0 Å². The topological polar surface area (TPSA) is 92.8 Å². The first kappa shape index (κ1) is 14.2. The lowest BCUT2D eigenvalue weighted by molar-refractivity contribution is -0.136. The molecule has 0 saturated heterocycles. The van der Waals surface area contributed by atoms with Gasteiger partial charge in [-0.2, -0.15) is 5.10 Å². The van der Waals surface area contributed by atoms with Crippen molar-refractivity contribution in [2.24, 2.45) is 0 Å². The minimum atomic E-state index is -0.336. The Hall–Kier alpha value is -3.22. The summed E-state index contributed by atoms with van der Waals surface area (Å²) in [5.41, 5.74) is 6.37. The molecular formula is C18H15N5O2. The predicted octanol–water partition coefficient (Wildman–Crippen LogP) is 2.34. The van der Waals surface area contributed by atoms with Crippen LogP contribution >= 0.6 is 0 Å². The molecule has 3 aromatic rings. The van der Waals surface area contributed by atoms with Crippen LogP contribution in [-0.4, -0.2) is 32.7 Å². The highest BCUT2D eigenvalue weighted by Crippen LogP contribution is 2.44. The SMILES string of the molecule is Cc1nc2ccccc2nc1[C@H]1C2=C(COC2=O)Nc2n[nH]c(C)c21. The summed E-state index contributed by atoms with van der Waals surface area (Å²) in [4.78, 5) is 21.9. The number of aryl methyl sites for hydroxylation is 2. The van der Waals surface area contributed by atoms with E-state index >= 15 is 0 Å². The Balaban J connectivity index is 1.81. The van der Waals surface area contributed by atoms with E-state index in [4.69, 9.17) is 9.72 Å². The van der Waals surface area contributed by atoms with Crippen molar-refractivity contribution in [1.29, 1.82) is 0 Å². The lowest BCUT2D eigenvalue weighted by atomic mass is 9.84. The summed E-state index contributed by atoms with van der Waals surface area (Å²) in [7, 11) is 0. The van der Waals surface area contributed by atoms with Gasteiger partial charge in [-0.3, -0.25) is 5.10 Å². The van der Waals surface area contributed by atoms with E-state index in [2.05, 4.69) is 20.5 Å². The number of H-pyrrole nitrogens is 1. The summed E-state index contributed by atoms with van der Waals surface area (Å²) in [5, 5.41) is 10.5. The van der Waals surface area contributed by atoms with Crippen molar-refractivity contribution >= 4 is 22.8 Å². The Morgan fingerprint density at radius 3 is 2.72 bits per heavy atom. The number of aromatic nitrogens is 4. The summed E-state index contributed by atoms with van der Waals surface area (Å²) in [6.07, 6.45) is 0. The molecule has 124 valence electrons. The number of fused-ring (bicyclic) bond motifs is 2. The minimum absolute atomic E-state index is 0.232. The molecule has 2 N–H and O–H groups in total. The van der Waals surface area contributed by atoms with Gasteiger partial charge < -0.3 is 10.1 Å². The molecule has 0 radical (unpaired) electrons. The summed E-state index contributed by atoms with van der Waals surface area (Å²) in [6, 6.07) is 7.73. The predicted molar refractivity (Wildman–Crippen MR) is 91.1 cm³/mol. The number of benzene rings is 1. The van der Waals surface area contributed by atoms with E-state index in [1.165, 1.54) is 0 Å². The van der Waals surface area contributed by atoms with Gasteiger partial charge in [0, 0.05) is 11.3 Å². The molecule has 7 nitrogen and oxygen atoms in total. The number of nitrogens with zero attached hydrogens (tertiary/aromatic N) is 3. The number of nitrogens with one attached hydrogen (secondary N) is 2. The Kier molecular flexibility index (Phi) is 2.77. The van der Waals surface area contributed by atoms with E-state index in [0.717, 1.165) is 39.4 Å². The monoisotopic (exact) mass is 333 g/mol. The molecule has 0 spiro atoms. The third-order valence-corrected chi connectivity index (χ3v) is 4.79. The second-order valence-electron chi connectivity index (χ2n) is 6.32. The largest absolute Gasteiger partial charge is 0.456 e. The molecule has 0 bridgehead atoms. The zero-order valence-electron chi connectivity index (χ0n) is 13.8. The van der Waals surface area contributed by atoms with E-state index in [1.54, 1.807) is 0 Å². The van der Waals surface area contributed by atoms with Crippen LogP contribution < -0.4 is 5.32 Å². The van der Waals surface area contributed by atoms with Gasteiger partial charge in [-0.25, -0.2) is 14.8 Å². The summed E-state index contributed by atoms with van der Waals surface area (Å²) >= 11 is 0. The van der Waals surface area contributed by atoms with Gasteiger partial charge >= 0.3 is 5.97 Å². The number of hydrogen-bond donors (Lipinski definition) is 2. The molecule has 4 heterocycles. The number of carbonyl (C=O) groups is 1. The third kappa shape index (κ3) is 1.92. The van der Waals surface area contributed by atoms with E-state index < -0.39 is 0 Å². The van der Waals surface area contributed by atoms with Crippen molar-refractivity contribution in [2.75, 3.05) is 11.9 Å². The fourth-order valence-electron chi connectivity index (χ4n) is 3.63. The van der Waals surface area contributed by atoms with Crippen LogP contribution in [0.1, 0.15) is 28.6 Å². The van der Waals surface area contributed by atoms with Crippen LogP contribution in [0.2, 0.25) is 0 Å². The third-order valence-electron chi connectivity index (χ3n) is 4.79. The number of ether oxygens (including phenoxy) is 1. The molecule has 5 rings (SSSR count). The number of carbonyl (C=O) groups excluding carboxylic acids is 1. The van der Waals surface area contributed by atoms with Crippen molar-refractivity contribution in [3.63, 3.8) is 0 Å². The van der Waals surface area contributed by atoms with Gasteiger partial charge in [-0.05, 0) is 26.0 Å². The Morgan fingerprint density at radius 1 is 1.16 bits per heavy atom. The fourth-order valence-corrected chi connectivity index (χ4v) is 3.63. The molecule has 1 atom stereocenters. The number of aromatic amines is 1. The van der Waals surface area contributed by atoms with E-state index in [0.29, 0.717) is 11.4 Å². The molecule has 2 aromatic heterocycles. The molecule has 0 saturated carbocycles. The minimum Gasteiger partial charge on any atom is -0.456 e. The molecule has 0 unspecified atom stereocenters. The molecule has 0 aliphatic carbocycles. The normalized spacial score (nSPS) is 18.8. The van der Waals surface area contributed by atoms with Crippen LogP contribution in [0.3, 0.4) is 0 Å². The first-order valence-corrected chi connectivity index (χ1v) is 8.09. The van der Waals surface area contributed by atoms with Gasteiger partial charge in [-0.1, -0.05) is 12.1 Å². The van der Waals surface area contributed by atoms with Gasteiger partial charge in [0.15, 0.2) is 5.82 Å². The number of esters is 1. The average Bonchev–Trinajstić information content (AvgIpc) is 3.16. The molecular weight excluding hydrogens is 318 g/mol. The lowest BCUT2D eigenvalue weighted by Gasteiger charge is -2.24. The maximum Gasteiger partial charge on any atom is 0.337 e. The van der Waals surface area contributed by atoms with Gasteiger partial charge in [0.05, 0.1) is 39.6 Å². The summed E-state index contributed by atoms with van der Waals surface area (Å²) in [6.45, 7) is 4.10. The van der Waals surface area contributed by atoms with Gasteiger partial charge in [0.2, 0.25) is 0 Å². The standard InChI is InChI=1S/C18H15N5O2/c1-8-13-15(14-12(7-25-18(14)24)21-17(13)23-22-8)16-9(2)19-10-5-3-4-6-11(10)20-16/h3-6,15H,7H2,1-2H3,(H2,21,22,23)/t15-/m1/s1. The smallest absolute Gasteiger partial charge is 0.337 e. The molecule has 25 heavy (non-hydrogen) atoms. The van der Waals surface area contributed by atoms with Crippen LogP contribution in [0.25, 0.3) is 11.0 Å². The number of rotatable bonds is 1. The Morgan fingerprint density at radius 2 is 1.92 bits per heavy atom. The highest BCUT2D eigenvalue weighted by atomic mass is 16.5. The lowest BCUT2D eigenvalue weighted by Crippen LogP contribution is -2.21. The highest BCUT2D eigenvalue weighted by Gasteiger charge is 2.42. The van der Waals surface area contributed by atoms with Crippen LogP contribution in [0.5, 0.6) is 0 Å². The molecule has 1 aromatic carbocycles. The van der Waals surface area contributed by atoms with Gasteiger partial charge in [0.1, 0.15) is 6.61 Å². The average molecular weight is 333 g/mol. The Labute approximate surface area is 143 Å². The molecule has 2 aliphatic heterocycles. The zero-order chi connectivity index (χ0) is 17.1. The number of cyclic esters (lactones) is 1. The zero-order valence-corrected chi connectivity index (χ0v) is 13.8. The van der Waals surface area contributed by atoms with Gasteiger partial charge in [-0.15, -0.1) is 0 Å². The molecule has 0 fully saturated rings. The van der Waals surface area contributed by atoms with E-state index in [-0.39, 0.29) is 18.5 Å². The van der Waals surface area contributed by atoms with Crippen LogP contribution in [0.4, 0.5) is 5.82 Å². The Bertz CT molecular complexity index is 1080. The molecule has 7 heteroatoms. The second kappa shape index (κ2) is 4.89. The fraction of sp³-hybridized carbons (Fsp3) is 0.222.